The number of hydrogen-bond acceptors (Lipinski definition) is 3. The Morgan fingerprint density at radius 3 is 2.24 bits per heavy atom. The maximum Gasteiger partial charge on any atom is 0.441 e. The van der Waals surface area contributed by atoms with Gasteiger partial charge in [-0.15, -0.1) is 0 Å². The summed E-state index contributed by atoms with van der Waals surface area (Å²) in [7, 11) is 0. The molecule has 2 atom stereocenters. The minimum atomic E-state index is -4.31. The highest BCUT2D eigenvalue weighted by Crippen LogP contribution is 2.29. The van der Waals surface area contributed by atoms with Crippen molar-refractivity contribution >= 4 is 23.6 Å². The Bertz CT molecular complexity index is 283. The minimum Gasteiger partial charge on any atom is -0.481 e. The van der Waals surface area contributed by atoms with E-state index in [1.165, 1.54) is 13.8 Å². The van der Waals surface area contributed by atoms with Gasteiger partial charge >= 0.3 is 11.5 Å². The molecule has 0 bridgehead atoms. The van der Waals surface area contributed by atoms with E-state index in [0.29, 0.717) is 0 Å². The summed E-state index contributed by atoms with van der Waals surface area (Å²) in [6, 6.07) is 0. The van der Waals surface area contributed by atoms with E-state index in [0.717, 1.165) is 0 Å². The van der Waals surface area contributed by atoms with Crippen LogP contribution in [0.15, 0.2) is 0 Å². The summed E-state index contributed by atoms with van der Waals surface area (Å²) >= 11 is -0.229. The van der Waals surface area contributed by atoms with Crippen LogP contribution >= 0.6 is 11.8 Å². The van der Waals surface area contributed by atoms with E-state index in [2.05, 4.69) is 5.32 Å². The summed E-state index contributed by atoms with van der Waals surface area (Å²) in [6.45, 7) is 2.65. The summed E-state index contributed by atoms with van der Waals surface area (Å²) in [5.74, 6) is -3.60. The Labute approximate surface area is 101 Å². The molecule has 0 heterocycles. The van der Waals surface area contributed by atoms with Crippen LogP contribution in [0.5, 0.6) is 0 Å². The molecular formula is C9H14F3NO3S. The van der Waals surface area contributed by atoms with Crippen LogP contribution in [-0.2, 0) is 9.59 Å². The van der Waals surface area contributed by atoms with Crippen LogP contribution in [0, 0.1) is 11.8 Å². The van der Waals surface area contributed by atoms with Crippen molar-refractivity contribution in [1.29, 1.82) is 0 Å². The number of carboxylic acid groups (broad SMARTS) is 1. The number of thioether (sulfide) groups is 1. The van der Waals surface area contributed by atoms with Crippen molar-refractivity contribution in [3.8, 4) is 0 Å². The first-order valence-corrected chi connectivity index (χ1v) is 5.85. The molecule has 2 N–H and O–H groups in total. The van der Waals surface area contributed by atoms with Gasteiger partial charge < -0.3 is 10.4 Å². The molecule has 1 amide bonds. The van der Waals surface area contributed by atoms with Crippen LogP contribution < -0.4 is 5.32 Å². The lowest BCUT2D eigenvalue weighted by Crippen LogP contribution is -2.36. The zero-order chi connectivity index (χ0) is 13.6. The van der Waals surface area contributed by atoms with Crippen LogP contribution in [-0.4, -0.2) is 34.8 Å². The van der Waals surface area contributed by atoms with Crippen LogP contribution in [0.3, 0.4) is 0 Å². The Morgan fingerprint density at radius 1 is 1.29 bits per heavy atom. The van der Waals surface area contributed by atoms with Gasteiger partial charge in [0.25, 0.3) is 0 Å². The molecule has 0 radical (unpaired) electrons. The number of alkyl halides is 3. The van der Waals surface area contributed by atoms with Gasteiger partial charge in [0, 0.05) is 18.2 Å². The number of carbonyl (C=O) groups is 2. The molecule has 0 saturated carbocycles. The van der Waals surface area contributed by atoms with Gasteiger partial charge in [0.15, 0.2) is 0 Å². The van der Waals surface area contributed by atoms with E-state index >= 15 is 0 Å². The highest BCUT2D eigenvalue weighted by Gasteiger charge is 2.28. The predicted molar refractivity (Wildman–Crippen MR) is 57.5 cm³/mol. The maximum absolute atomic E-state index is 11.7. The predicted octanol–water partition coefficient (Wildman–Crippen LogP) is 1.71. The second-order valence-corrected chi connectivity index (χ2v) is 4.66. The van der Waals surface area contributed by atoms with Crippen LogP contribution in [0.4, 0.5) is 13.2 Å². The van der Waals surface area contributed by atoms with E-state index in [-0.39, 0.29) is 24.1 Å². The second-order valence-electron chi connectivity index (χ2n) is 3.50. The summed E-state index contributed by atoms with van der Waals surface area (Å²) in [6.07, 6.45) is 0. The zero-order valence-corrected chi connectivity index (χ0v) is 10.2. The van der Waals surface area contributed by atoms with Gasteiger partial charge in [0.1, 0.15) is 0 Å². The number of halogens is 3. The molecule has 8 heteroatoms. The number of carboxylic acids is 1. The second kappa shape index (κ2) is 6.73. The Balaban J connectivity index is 3.91. The zero-order valence-electron chi connectivity index (χ0n) is 9.37. The first-order chi connectivity index (χ1) is 7.65. The molecule has 0 aromatic rings. The third kappa shape index (κ3) is 7.09. The third-order valence-electron chi connectivity index (χ3n) is 2.22. The highest BCUT2D eigenvalue weighted by molar-refractivity contribution is 8.00. The quantitative estimate of drug-likeness (QED) is 0.723. The van der Waals surface area contributed by atoms with E-state index in [4.69, 9.17) is 5.11 Å². The van der Waals surface area contributed by atoms with Gasteiger partial charge in [-0.1, -0.05) is 13.8 Å². The molecular weight excluding hydrogens is 259 g/mol. The molecule has 0 aromatic heterocycles. The smallest absolute Gasteiger partial charge is 0.441 e. The SMILES string of the molecule is CC(C(=O)O)C(C)C(=O)NCCSC(F)(F)F. The van der Waals surface area contributed by atoms with Crippen molar-refractivity contribution < 1.29 is 27.9 Å². The molecule has 0 aliphatic carbocycles. The van der Waals surface area contributed by atoms with Gasteiger partial charge in [-0.05, 0) is 11.8 Å². The van der Waals surface area contributed by atoms with Crippen molar-refractivity contribution in [1.82, 2.24) is 5.32 Å². The number of amides is 1. The number of nitrogens with one attached hydrogen (secondary N) is 1. The molecule has 100 valence electrons. The average molecular weight is 273 g/mol. The largest absolute Gasteiger partial charge is 0.481 e. The van der Waals surface area contributed by atoms with E-state index in [9.17, 15) is 22.8 Å². The normalized spacial score (nSPS) is 15.1. The highest BCUT2D eigenvalue weighted by atomic mass is 32.2. The number of rotatable bonds is 6. The van der Waals surface area contributed by atoms with E-state index in [1.807, 2.05) is 0 Å². The molecule has 0 aromatic carbocycles. The summed E-state index contributed by atoms with van der Waals surface area (Å²) in [4.78, 5) is 21.9. The van der Waals surface area contributed by atoms with E-state index < -0.39 is 29.2 Å². The number of aliphatic carboxylic acids is 1. The Kier molecular flexibility index (Phi) is 6.36. The van der Waals surface area contributed by atoms with E-state index in [1.54, 1.807) is 0 Å². The van der Waals surface area contributed by atoms with Crippen molar-refractivity contribution in [2.24, 2.45) is 11.8 Å². The standard InChI is InChI=1S/C9H14F3NO3S/c1-5(6(2)8(15)16)7(14)13-3-4-17-9(10,11)12/h5-6H,3-4H2,1-2H3,(H,13,14)(H,15,16). The Morgan fingerprint density at radius 2 is 1.82 bits per heavy atom. The average Bonchev–Trinajstić information content (AvgIpc) is 2.20. The first-order valence-electron chi connectivity index (χ1n) is 4.86. The molecule has 0 fully saturated rings. The molecule has 0 spiro atoms. The van der Waals surface area contributed by atoms with Crippen molar-refractivity contribution in [2.75, 3.05) is 12.3 Å². The molecule has 2 unspecified atom stereocenters. The first kappa shape index (κ1) is 16.1. The van der Waals surface area contributed by atoms with Crippen molar-refractivity contribution in [3.05, 3.63) is 0 Å². The van der Waals surface area contributed by atoms with Crippen LogP contribution in [0.1, 0.15) is 13.8 Å². The molecule has 0 aliphatic heterocycles. The van der Waals surface area contributed by atoms with Crippen LogP contribution in [0.2, 0.25) is 0 Å². The lowest BCUT2D eigenvalue weighted by molar-refractivity contribution is -0.146. The van der Waals surface area contributed by atoms with Crippen molar-refractivity contribution in [2.45, 2.75) is 19.4 Å². The third-order valence-corrected chi connectivity index (χ3v) is 2.96. The van der Waals surface area contributed by atoms with Gasteiger partial charge in [0.2, 0.25) is 5.91 Å². The number of hydrogen-bond donors (Lipinski definition) is 2. The lowest BCUT2D eigenvalue weighted by atomic mass is 9.95. The fourth-order valence-corrected chi connectivity index (χ4v) is 1.38. The van der Waals surface area contributed by atoms with Gasteiger partial charge in [-0.3, -0.25) is 9.59 Å². The van der Waals surface area contributed by atoms with Gasteiger partial charge in [0.05, 0.1) is 5.92 Å². The fraction of sp³-hybridized carbons (Fsp3) is 0.778. The molecule has 4 nitrogen and oxygen atoms in total. The topological polar surface area (TPSA) is 66.4 Å². The van der Waals surface area contributed by atoms with Gasteiger partial charge in [-0.2, -0.15) is 13.2 Å². The van der Waals surface area contributed by atoms with Crippen molar-refractivity contribution in [3.63, 3.8) is 0 Å². The molecule has 0 rings (SSSR count). The minimum absolute atomic E-state index is 0.139. The maximum atomic E-state index is 11.7. The molecule has 0 aliphatic rings. The summed E-state index contributed by atoms with van der Waals surface area (Å²) in [5, 5.41) is 10.9. The summed E-state index contributed by atoms with van der Waals surface area (Å²) < 4.78 is 35.2. The molecule has 0 saturated heterocycles. The summed E-state index contributed by atoms with van der Waals surface area (Å²) in [5.41, 5.74) is -4.31. The molecule has 17 heavy (non-hydrogen) atoms. The Hall–Kier alpha value is -0.920. The lowest BCUT2D eigenvalue weighted by Gasteiger charge is -2.15. The van der Waals surface area contributed by atoms with Crippen LogP contribution in [0.25, 0.3) is 0 Å². The van der Waals surface area contributed by atoms with Gasteiger partial charge in [-0.25, -0.2) is 0 Å². The fourth-order valence-electron chi connectivity index (χ4n) is 0.943. The monoisotopic (exact) mass is 273 g/mol. The number of carbonyl (C=O) groups excluding carboxylic acids is 1.